The fourth-order valence-corrected chi connectivity index (χ4v) is 1.51. The van der Waals surface area contributed by atoms with E-state index in [2.05, 4.69) is 24.0 Å². The molecule has 0 spiro atoms. The lowest BCUT2D eigenvalue weighted by atomic mass is 10.1. The molecular formula is C9H16ClN3. The first kappa shape index (κ1) is 10.5. The summed E-state index contributed by atoms with van der Waals surface area (Å²) in [7, 11) is 0. The van der Waals surface area contributed by atoms with E-state index in [9.17, 15) is 0 Å². The van der Waals surface area contributed by atoms with E-state index in [0.717, 1.165) is 24.7 Å². The van der Waals surface area contributed by atoms with Crippen molar-refractivity contribution in [3.63, 3.8) is 0 Å². The Morgan fingerprint density at radius 2 is 2.08 bits per heavy atom. The van der Waals surface area contributed by atoms with Crippen LogP contribution in [0.25, 0.3) is 0 Å². The van der Waals surface area contributed by atoms with Crippen LogP contribution < -0.4 is 0 Å². The monoisotopic (exact) mass is 201 g/mol. The Bertz CT molecular complexity index is 248. The van der Waals surface area contributed by atoms with Gasteiger partial charge in [0.2, 0.25) is 5.28 Å². The molecule has 1 aromatic rings. The molecule has 0 saturated carbocycles. The fraction of sp³-hybridized carbons (Fsp3) is 0.778. The summed E-state index contributed by atoms with van der Waals surface area (Å²) in [6.45, 7) is 7.30. The van der Waals surface area contributed by atoms with Crippen LogP contribution in [0.15, 0.2) is 0 Å². The standard InChI is InChI=1S/C9H16ClN3/c1-7(2)5-4-6-13-8(3)11-12-9(13)10/h7H,4-6H2,1-3H3. The van der Waals surface area contributed by atoms with E-state index in [4.69, 9.17) is 11.6 Å². The number of nitrogens with zero attached hydrogens (tertiary/aromatic N) is 3. The Kier molecular flexibility index (Phi) is 3.72. The lowest BCUT2D eigenvalue weighted by Gasteiger charge is -2.06. The minimum absolute atomic E-state index is 0.501. The highest BCUT2D eigenvalue weighted by Crippen LogP contribution is 2.11. The molecule has 0 aromatic carbocycles. The molecule has 74 valence electrons. The molecule has 1 rings (SSSR count). The molecule has 0 N–H and O–H groups in total. The van der Waals surface area contributed by atoms with Crippen LogP contribution in [0.3, 0.4) is 0 Å². The van der Waals surface area contributed by atoms with Crippen LogP contribution in [0.5, 0.6) is 0 Å². The van der Waals surface area contributed by atoms with Gasteiger partial charge in [-0.1, -0.05) is 13.8 Å². The molecular weight excluding hydrogens is 186 g/mol. The van der Waals surface area contributed by atoms with Gasteiger partial charge in [-0.15, -0.1) is 10.2 Å². The molecule has 0 radical (unpaired) electrons. The van der Waals surface area contributed by atoms with Crippen LogP contribution in [0, 0.1) is 12.8 Å². The summed E-state index contributed by atoms with van der Waals surface area (Å²) in [6, 6.07) is 0. The first-order valence-corrected chi connectivity index (χ1v) is 5.04. The minimum Gasteiger partial charge on any atom is -0.302 e. The molecule has 0 unspecified atom stereocenters. The van der Waals surface area contributed by atoms with Crippen molar-refractivity contribution in [3.8, 4) is 0 Å². The van der Waals surface area contributed by atoms with Crippen LogP contribution in [0.2, 0.25) is 5.28 Å². The topological polar surface area (TPSA) is 30.7 Å². The number of hydrogen-bond acceptors (Lipinski definition) is 2. The second kappa shape index (κ2) is 4.61. The average Bonchev–Trinajstić information content (AvgIpc) is 2.34. The Morgan fingerprint density at radius 3 is 2.54 bits per heavy atom. The molecule has 3 nitrogen and oxygen atoms in total. The maximum absolute atomic E-state index is 5.85. The number of rotatable bonds is 4. The first-order chi connectivity index (χ1) is 6.11. The Hall–Kier alpha value is -0.570. The van der Waals surface area contributed by atoms with Gasteiger partial charge >= 0.3 is 0 Å². The molecule has 0 aliphatic heterocycles. The van der Waals surface area contributed by atoms with Gasteiger partial charge < -0.3 is 4.57 Å². The van der Waals surface area contributed by atoms with E-state index in [1.165, 1.54) is 6.42 Å². The molecule has 0 amide bonds. The second-order valence-electron chi connectivity index (χ2n) is 3.70. The van der Waals surface area contributed by atoms with Gasteiger partial charge in [-0.2, -0.15) is 0 Å². The molecule has 0 fully saturated rings. The summed E-state index contributed by atoms with van der Waals surface area (Å²) in [5, 5.41) is 8.19. The molecule has 13 heavy (non-hydrogen) atoms. The summed E-state index contributed by atoms with van der Waals surface area (Å²) in [6.07, 6.45) is 2.35. The Balaban J connectivity index is 2.44. The van der Waals surface area contributed by atoms with Crippen molar-refractivity contribution in [1.82, 2.24) is 14.8 Å². The van der Waals surface area contributed by atoms with Crippen molar-refractivity contribution in [2.45, 2.75) is 40.2 Å². The van der Waals surface area contributed by atoms with E-state index >= 15 is 0 Å². The SMILES string of the molecule is Cc1nnc(Cl)n1CCCC(C)C. The summed E-state index contributed by atoms with van der Waals surface area (Å²) >= 11 is 5.85. The van der Waals surface area contributed by atoms with Gasteiger partial charge in [0.1, 0.15) is 5.82 Å². The molecule has 0 saturated heterocycles. The third-order valence-corrected chi connectivity index (χ3v) is 2.33. The Morgan fingerprint density at radius 1 is 1.38 bits per heavy atom. The van der Waals surface area contributed by atoms with Crippen molar-refractivity contribution >= 4 is 11.6 Å². The molecule has 0 bridgehead atoms. The van der Waals surface area contributed by atoms with Crippen molar-refractivity contribution in [1.29, 1.82) is 0 Å². The third kappa shape index (κ3) is 2.99. The molecule has 4 heteroatoms. The third-order valence-electron chi connectivity index (χ3n) is 2.05. The maximum atomic E-state index is 5.85. The quantitative estimate of drug-likeness (QED) is 0.750. The normalized spacial score (nSPS) is 11.2. The van der Waals surface area contributed by atoms with E-state index in [-0.39, 0.29) is 0 Å². The summed E-state index contributed by atoms with van der Waals surface area (Å²) in [4.78, 5) is 0. The van der Waals surface area contributed by atoms with E-state index in [1.54, 1.807) is 0 Å². The number of hydrogen-bond donors (Lipinski definition) is 0. The van der Waals surface area contributed by atoms with Crippen LogP contribution in [0.4, 0.5) is 0 Å². The van der Waals surface area contributed by atoms with Crippen LogP contribution >= 0.6 is 11.6 Å². The summed E-state index contributed by atoms with van der Waals surface area (Å²) in [5.74, 6) is 1.64. The smallest absolute Gasteiger partial charge is 0.225 e. The highest BCUT2D eigenvalue weighted by atomic mass is 35.5. The lowest BCUT2D eigenvalue weighted by Crippen LogP contribution is -2.02. The maximum Gasteiger partial charge on any atom is 0.225 e. The predicted octanol–water partition coefficient (Wildman–Crippen LogP) is 2.68. The minimum atomic E-state index is 0.501. The van der Waals surface area contributed by atoms with Crippen molar-refractivity contribution in [3.05, 3.63) is 11.1 Å². The molecule has 0 aliphatic carbocycles. The van der Waals surface area contributed by atoms with Gasteiger partial charge in [0.05, 0.1) is 0 Å². The van der Waals surface area contributed by atoms with Gasteiger partial charge in [-0.05, 0) is 37.3 Å². The Labute approximate surface area is 84.1 Å². The van der Waals surface area contributed by atoms with Gasteiger partial charge in [0.15, 0.2) is 0 Å². The van der Waals surface area contributed by atoms with E-state index < -0.39 is 0 Å². The van der Waals surface area contributed by atoms with Crippen LogP contribution in [-0.2, 0) is 6.54 Å². The zero-order valence-electron chi connectivity index (χ0n) is 8.42. The van der Waals surface area contributed by atoms with Crippen molar-refractivity contribution in [2.75, 3.05) is 0 Å². The summed E-state index contributed by atoms with van der Waals surface area (Å²) in [5.41, 5.74) is 0. The van der Waals surface area contributed by atoms with Gasteiger partial charge in [0.25, 0.3) is 0 Å². The second-order valence-corrected chi connectivity index (χ2v) is 4.04. The highest BCUT2D eigenvalue weighted by molar-refractivity contribution is 6.28. The van der Waals surface area contributed by atoms with E-state index in [1.807, 2.05) is 11.5 Å². The van der Waals surface area contributed by atoms with Gasteiger partial charge in [0, 0.05) is 6.54 Å². The van der Waals surface area contributed by atoms with Gasteiger partial charge in [-0.3, -0.25) is 0 Å². The van der Waals surface area contributed by atoms with Crippen molar-refractivity contribution in [2.24, 2.45) is 5.92 Å². The van der Waals surface area contributed by atoms with Crippen LogP contribution in [0.1, 0.15) is 32.5 Å². The van der Waals surface area contributed by atoms with Gasteiger partial charge in [-0.25, -0.2) is 0 Å². The first-order valence-electron chi connectivity index (χ1n) is 4.66. The molecule has 1 aromatic heterocycles. The highest BCUT2D eigenvalue weighted by Gasteiger charge is 2.05. The molecule has 0 atom stereocenters. The zero-order chi connectivity index (χ0) is 9.84. The average molecular weight is 202 g/mol. The van der Waals surface area contributed by atoms with Crippen molar-refractivity contribution < 1.29 is 0 Å². The molecule has 1 heterocycles. The number of aromatic nitrogens is 3. The van der Waals surface area contributed by atoms with E-state index in [0.29, 0.717) is 5.28 Å². The summed E-state index contributed by atoms with van der Waals surface area (Å²) < 4.78 is 1.95. The number of aryl methyl sites for hydroxylation is 1. The number of halogens is 1. The fourth-order valence-electron chi connectivity index (χ4n) is 1.27. The van der Waals surface area contributed by atoms with Crippen LogP contribution in [-0.4, -0.2) is 14.8 Å². The largest absolute Gasteiger partial charge is 0.302 e. The predicted molar refractivity (Wildman–Crippen MR) is 53.8 cm³/mol. The lowest BCUT2D eigenvalue weighted by molar-refractivity contribution is 0.507. The molecule has 0 aliphatic rings. The zero-order valence-corrected chi connectivity index (χ0v) is 9.17.